The fourth-order valence-corrected chi connectivity index (χ4v) is 4.07. The average Bonchev–Trinajstić information content (AvgIpc) is 2.60. The van der Waals surface area contributed by atoms with Gasteiger partial charge in [-0.05, 0) is 40.2 Å². The zero-order valence-electron chi connectivity index (χ0n) is 16.1. The highest BCUT2D eigenvalue weighted by Gasteiger charge is 2.22. The van der Waals surface area contributed by atoms with Crippen molar-refractivity contribution in [2.75, 3.05) is 7.05 Å². The fourth-order valence-electron chi connectivity index (χ4n) is 4.07. The van der Waals surface area contributed by atoms with Gasteiger partial charge in [0.1, 0.15) is 0 Å². The van der Waals surface area contributed by atoms with Crippen molar-refractivity contribution in [1.82, 2.24) is 4.90 Å². The molecule has 0 N–H and O–H groups in total. The molecule has 1 saturated carbocycles. The third-order valence-electron chi connectivity index (χ3n) is 5.62. The van der Waals surface area contributed by atoms with Gasteiger partial charge < -0.3 is 4.90 Å². The number of hydrogen-bond donors (Lipinski definition) is 0. The van der Waals surface area contributed by atoms with Gasteiger partial charge in [0.25, 0.3) is 0 Å². The second kappa shape index (κ2) is 7.19. The predicted octanol–water partition coefficient (Wildman–Crippen LogP) is 5.47. The third-order valence-corrected chi connectivity index (χ3v) is 5.62. The van der Waals surface area contributed by atoms with Gasteiger partial charge in [-0.1, -0.05) is 76.4 Å². The predicted molar refractivity (Wildman–Crippen MR) is 106 cm³/mol. The van der Waals surface area contributed by atoms with Crippen LogP contribution in [0.4, 0.5) is 0 Å². The molecule has 0 aromatic heterocycles. The smallest absolute Gasteiger partial charge is 0.226 e. The van der Waals surface area contributed by atoms with Crippen molar-refractivity contribution in [3.63, 3.8) is 0 Å². The summed E-state index contributed by atoms with van der Waals surface area (Å²) >= 11 is 0. The second-order valence-electron chi connectivity index (χ2n) is 8.58. The van der Waals surface area contributed by atoms with E-state index in [0.717, 1.165) is 18.4 Å². The maximum absolute atomic E-state index is 12.7. The molecule has 3 rings (SSSR count). The van der Waals surface area contributed by atoms with Gasteiger partial charge >= 0.3 is 0 Å². The molecule has 25 heavy (non-hydrogen) atoms. The Morgan fingerprint density at radius 2 is 1.80 bits per heavy atom. The van der Waals surface area contributed by atoms with E-state index < -0.39 is 0 Å². The van der Waals surface area contributed by atoms with Crippen LogP contribution in [0, 0.1) is 0 Å². The summed E-state index contributed by atoms with van der Waals surface area (Å²) in [6.45, 7) is 6.75. The van der Waals surface area contributed by atoms with Gasteiger partial charge in [0.15, 0.2) is 0 Å². The number of carbonyl (C=O) groups is 1. The van der Waals surface area contributed by atoms with E-state index >= 15 is 0 Å². The van der Waals surface area contributed by atoms with E-state index in [9.17, 15) is 4.79 Å². The molecule has 0 bridgehead atoms. The maximum atomic E-state index is 12.7. The summed E-state index contributed by atoms with van der Waals surface area (Å²) in [7, 11) is 1.98. The first-order valence-electron chi connectivity index (χ1n) is 9.64. The third kappa shape index (κ3) is 4.05. The summed E-state index contributed by atoms with van der Waals surface area (Å²) in [5, 5.41) is 2.53. The summed E-state index contributed by atoms with van der Waals surface area (Å²) < 4.78 is 0. The summed E-state index contributed by atoms with van der Waals surface area (Å²) in [6, 6.07) is 13.4. The lowest BCUT2D eigenvalue weighted by atomic mass is 9.83. The molecule has 0 saturated heterocycles. The standard InChI is InChI=1S/C23H31NO/c1-23(2,3)21-12-8-9-18-15-17(13-14-20(18)21)16-22(25)24(4)19-10-6-5-7-11-19/h8-9,12-15,19H,5-7,10-11,16H2,1-4H3. The molecule has 0 heterocycles. The molecule has 2 nitrogen and oxygen atoms in total. The monoisotopic (exact) mass is 337 g/mol. The van der Waals surface area contributed by atoms with Crippen molar-refractivity contribution in [3.8, 4) is 0 Å². The van der Waals surface area contributed by atoms with Crippen molar-refractivity contribution in [1.29, 1.82) is 0 Å². The first-order chi connectivity index (χ1) is 11.9. The Bertz CT molecular complexity index is 750. The van der Waals surface area contributed by atoms with E-state index in [0.29, 0.717) is 12.5 Å². The summed E-state index contributed by atoms with van der Waals surface area (Å²) in [4.78, 5) is 14.7. The molecule has 1 fully saturated rings. The Balaban J connectivity index is 1.79. The molecule has 0 atom stereocenters. The lowest BCUT2D eigenvalue weighted by Gasteiger charge is -2.31. The number of carbonyl (C=O) groups excluding carboxylic acids is 1. The van der Waals surface area contributed by atoms with Gasteiger partial charge in [-0.25, -0.2) is 0 Å². The minimum Gasteiger partial charge on any atom is -0.342 e. The summed E-state index contributed by atoms with van der Waals surface area (Å²) in [5.74, 6) is 0.248. The van der Waals surface area contributed by atoms with Crippen LogP contribution in [-0.2, 0) is 16.6 Å². The van der Waals surface area contributed by atoms with Gasteiger partial charge in [-0.2, -0.15) is 0 Å². The number of likely N-dealkylation sites (N-methyl/N-ethyl adjacent to an activating group) is 1. The van der Waals surface area contributed by atoms with E-state index in [2.05, 4.69) is 57.2 Å². The average molecular weight is 338 g/mol. The van der Waals surface area contributed by atoms with E-state index in [1.54, 1.807) is 0 Å². The van der Waals surface area contributed by atoms with Crippen LogP contribution >= 0.6 is 0 Å². The van der Waals surface area contributed by atoms with Crippen LogP contribution in [0.2, 0.25) is 0 Å². The van der Waals surface area contributed by atoms with Gasteiger partial charge in [0.2, 0.25) is 5.91 Å². The molecule has 2 aromatic rings. The zero-order chi connectivity index (χ0) is 18.0. The van der Waals surface area contributed by atoms with Crippen LogP contribution < -0.4 is 0 Å². The molecule has 2 aromatic carbocycles. The van der Waals surface area contributed by atoms with Crippen LogP contribution in [0.15, 0.2) is 36.4 Å². The van der Waals surface area contributed by atoms with Gasteiger partial charge in [0.05, 0.1) is 6.42 Å². The number of nitrogens with zero attached hydrogens (tertiary/aromatic N) is 1. The van der Waals surface area contributed by atoms with Crippen molar-refractivity contribution in [2.24, 2.45) is 0 Å². The molecular formula is C23H31NO. The Morgan fingerprint density at radius 1 is 1.08 bits per heavy atom. The summed E-state index contributed by atoms with van der Waals surface area (Å²) in [5.41, 5.74) is 2.60. The van der Waals surface area contributed by atoms with Crippen molar-refractivity contribution in [2.45, 2.75) is 70.8 Å². The largest absolute Gasteiger partial charge is 0.342 e. The first-order valence-corrected chi connectivity index (χ1v) is 9.64. The molecule has 1 amide bonds. The molecule has 0 aliphatic heterocycles. The van der Waals surface area contributed by atoms with Gasteiger partial charge in [0, 0.05) is 13.1 Å². The van der Waals surface area contributed by atoms with E-state index in [4.69, 9.17) is 0 Å². The topological polar surface area (TPSA) is 20.3 Å². The number of benzene rings is 2. The SMILES string of the molecule is CN(C(=O)Cc1ccc2c(C(C)(C)C)cccc2c1)C1CCCCC1. The van der Waals surface area contributed by atoms with Crippen LogP contribution in [0.25, 0.3) is 10.8 Å². The van der Waals surface area contributed by atoms with Crippen LogP contribution in [0.5, 0.6) is 0 Å². The van der Waals surface area contributed by atoms with Crippen LogP contribution in [-0.4, -0.2) is 23.9 Å². The van der Waals surface area contributed by atoms with E-state index in [-0.39, 0.29) is 11.3 Å². The lowest BCUT2D eigenvalue weighted by molar-refractivity contribution is -0.131. The fraction of sp³-hybridized carbons (Fsp3) is 0.522. The minimum atomic E-state index is 0.123. The molecule has 0 spiro atoms. The Labute approximate surface area is 152 Å². The summed E-state index contributed by atoms with van der Waals surface area (Å²) in [6.07, 6.45) is 6.66. The second-order valence-corrected chi connectivity index (χ2v) is 8.58. The van der Waals surface area contributed by atoms with Gasteiger partial charge in [-0.3, -0.25) is 4.79 Å². The Kier molecular flexibility index (Phi) is 5.17. The Morgan fingerprint density at radius 3 is 2.48 bits per heavy atom. The molecule has 1 aliphatic carbocycles. The zero-order valence-corrected chi connectivity index (χ0v) is 16.1. The number of fused-ring (bicyclic) bond motifs is 1. The quantitative estimate of drug-likeness (QED) is 0.727. The maximum Gasteiger partial charge on any atom is 0.226 e. The highest BCUT2D eigenvalue weighted by Crippen LogP contribution is 2.30. The van der Waals surface area contributed by atoms with E-state index in [1.165, 1.54) is 35.6 Å². The molecule has 0 unspecified atom stereocenters. The van der Waals surface area contributed by atoms with Gasteiger partial charge in [-0.15, -0.1) is 0 Å². The molecule has 1 aliphatic rings. The normalized spacial score (nSPS) is 16.2. The van der Waals surface area contributed by atoms with Crippen molar-refractivity contribution in [3.05, 3.63) is 47.5 Å². The van der Waals surface area contributed by atoms with Crippen molar-refractivity contribution >= 4 is 16.7 Å². The lowest BCUT2D eigenvalue weighted by Crippen LogP contribution is -2.39. The highest BCUT2D eigenvalue weighted by molar-refractivity contribution is 5.88. The molecule has 2 heteroatoms. The van der Waals surface area contributed by atoms with E-state index in [1.807, 2.05) is 11.9 Å². The number of hydrogen-bond acceptors (Lipinski definition) is 1. The molecular weight excluding hydrogens is 306 g/mol. The molecule has 0 radical (unpaired) electrons. The van der Waals surface area contributed by atoms with Crippen LogP contribution in [0.1, 0.15) is 64.0 Å². The minimum absolute atomic E-state index is 0.123. The number of amides is 1. The Hall–Kier alpha value is -1.83. The van der Waals surface area contributed by atoms with Crippen LogP contribution in [0.3, 0.4) is 0 Å². The number of rotatable bonds is 3. The highest BCUT2D eigenvalue weighted by atomic mass is 16.2. The first kappa shape index (κ1) is 18.0. The molecule has 134 valence electrons. The van der Waals surface area contributed by atoms with Crippen molar-refractivity contribution < 1.29 is 4.79 Å².